The molecule has 222 valence electrons. The summed E-state index contributed by atoms with van der Waals surface area (Å²) in [6.07, 6.45) is 0. The van der Waals surface area contributed by atoms with Crippen LogP contribution in [0.15, 0.2) is 0 Å². The SMILES string of the molecule is [Cl-].[Cl-].[Cl-].[O-]P([O-])[O-].[O-]P([O-])[O-].[O-]P([O-])[O-].[O-]P([O-])[O-].[O-]P([O-])[O-].[O-]P([O-])[O-].[Rh+3].[Rh+3].[Rh+3].[Rh+3].[Rh+3].[Rh+3].[Rh+3]. The Kier molecular flexibility index (Phi) is 300. The van der Waals surface area contributed by atoms with Gasteiger partial charge in [-0.2, -0.15) is 0 Å². The summed E-state index contributed by atoms with van der Waals surface area (Å²) in [6, 6.07) is 0. The van der Waals surface area contributed by atoms with Crippen LogP contribution in [0.1, 0.15) is 0 Å². The van der Waals surface area contributed by atoms with Crippen molar-refractivity contribution in [1.82, 2.24) is 0 Å². The van der Waals surface area contributed by atoms with E-state index in [2.05, 4.69) is 0 Å². The molecular formula is Cl3O18P6Rh7. The molecule has 0 aromatic rings. The average Bonchev–Trinajstić information content (AvgIpc) is 2.08. The molecule has 0 heterocycles. The van der Waals surface area contributed by atoms with E-state index in [0.29, 0.717) is 0 Å². The number of hydrogen-bond acceptors (Lipinski definition) is 18. The Morgan fingerprint density at radius 2 is 0.176 bits per heavy atom. The minimum absolute atomic E-state index is 0. The van der Waals surface area contributed by atoms with Crippen molar-refractivity contribution in [2.75, 3.05) is 0 Å². The molecule has 0 aliphatic carbocycles. The van der Waals surface area contributed by atoms with E-state index in [1.807, 2.05) is 0 Å². The zero-order chi connectivity index (χ0) is 21.5. The molecule has 0 rings (SSSR count). The maximum atomic E-state index is 8.48. The van der Waals surface area contributed by atoms with Gasteiger partial charge in [-0.3, -0.25) is 0 Å². The van der Waals surface area contributed by atoms with Crippen molar-refractivity contribution in [3.63, 3.8) is 0 Å². The van der Waals surface area contributed by atoms with Gasteiger partial charge < -0.3 is 177 Å². The van der Waals surface area contributed by atoms with Crippen LogP contribution in [0.25, 0.3) is 0 Å². The molecule has 0 aromatic heterocycles. The van der Waals surface area contributed by atoms with Gasteiger partial charge in [0.2, 0.25) is 0 Å². The zero-order valence-electron chi connectivity index (χ0n) is 13.5. The van der Waals surface area contributed by atoms with Gasteiger partial charge in [0.05, 0.1) is 0 Å². The predicted octanol–water partition coefficient (Wildman–Crippen LogP) is -25.2. The molecular weight excluding hydrogens is 1300 g/mol. The summed E-state index contributed by atoms with van der Waals surface area (Å²) in [5.74, 6) is 0. The molecule has 34 heavy (non-hydrogen) atoms. The number of hydrogen-bond donors (Lipinski definition) is 0. The first kappa shape index (κ1) is 105. The number of rotatable bonds is 0. The fraction of sp³-hybridized carbons (Fsp3) is 0. The van der Waals surface area contributed by atoms with Gasteiger partial charge in [0, 0.05) is 0 Å². The van der Waals surface area contributed by atoms with Crippen LogP contribution in [0.5, 0.6) is 0 Å². The van der Waals surface area contributed by atoms with Crippen molar-refractivity contribution in [3.05, 3.63) is 0 Å². The van der Waals surface area contributed by atoms with Crippen molar-refractivity contribution in [2.45, 2.75) is 0 Å². The van der Waals surface area contributed by atoms with Crippen molar-refractivity contribution >= 4 is 51.6 Å². The summed E-state index contributed by atoms with van der Waals surface area (Å²) in [6.45, 7) is 0. The summed E-state index contributed by atoms with van der Waals surface area (Å²) in [4.78, 5) is 153. The monoisotopic (exact) mass is 1300 g/mol. The van der Waals surface area contributed by atoms with Crippen LogP contribution in [0, 0.1) is 0 Å². The van der Waals surface area contributed by atoms with Crippen LogP contribution in [0.3, 0.4) is 0 Å². The molecule has 0 aromatic carbocycles. The predicted molar refractivity (Wildman–Crippen MR) is 41.5 cm³/mol. The largest absolute Gasteiger partial charge is 3.00 e. The van der Waals surface area contributed by atoms with Gasteiger partial charge in [-0.15, -0.1) is 0 Å². The molecule has 0 amide bonds. The maximum absolute atomic E-state index is 8.48. The van der Waals surface area contributed by atoms with E-state index >= 15 is 0 Å². The Labute approximate surface area is 309 Å². The Morgan fingerprint density at radius 3 is 0.176 bits per heavy atom. The van der Waals surface area contributed by atoms with E-state index in [0.717, 1.165) is 0 Å². The first-order chi connectivity index (χ1) is 10.4. The van der Waals surface area contributed by atoms with Crippen LogP contribution in [-0.4, -0.2) is 0 Å². The maximum Gasteiger partial charge on any atom is 3.00 e. The first-order valence-corrected chi connectivity index (χ1v) is 9.86. The van der Waals surface area contributed by atoms with Crippen molar-refractivity contribution in [1.29, 1.82) is 0 Å². The third kappa shape index (κ3) is 1130. The Balaban J connectivity index is -0.00000000771. The molecule has 0 aliphatic heterocycles. The molecule has 0 saturated carbocycles. The molecule has 34 heteroatoms. The molecule has 0 atom stereocenters. The van der Waals surface area contributed by atoms with Crippen LogP contribution >= 0.6 is 51.6 Å². The fourth-order valence-corrected chi connectivity index (χ4v) is 0. The van der Waals surface area contributed by atoms with Gasteiger partial charge in [-0.25, -0.2) is 0 Å². The molecule has 0 bridgehead atoms. The summed E-state index contributed by atoms with van der Waals surface area (Å²) >= 11 is 0. The van der Waals surface area contributed by atoms with Crippen molar-refractivity contribution in [2.24, 2.45) is 0 Å². The Hall–Kier alpha value is 7.09. The van der Waals surface area contributed by atoms with Gasteiger partial charge in [0.15, 0.2) is 0 Å². The van der Waals surface area contributed by atoms with E-state index in [1.165, 1.54) is 0 Å². The molecule has 0 radical (unpaired) electrons. The second-order valence-corrected chi connectivity index (χ2v) is 4.02. The minimum Gasteiger partial charge on any atom is -1.00 e. The summed E-state index contributed by atoms with van der Waals surface area (Å²) in [7, 11) is -20.2. The molecule has 0 N–H and O–H groups in total. The summed E-state index contributed by atoms with van der Waals surface area (Å²) in [5.41, 5.74) is 0. The van der Waals surface area contributed by atoms with Crippen molar-refractivity contribution < 1.29 is 262 Å². The van der Waals surface area contributed by atoms with Gasteiger partial charge in [-0.05, 0) is 0 Å². The van der Waals surface area contributed by atoms with Gasteiger partial charge in [-0.1, -0.05) is 0 Å². The van der Waals surface area contributed by atoms with E-state index in [9.17, 15) is 0 Å². The standard InChI is InChI=1S/3ClH.6O3P.7Rh/c;;;6*1-4(2)3;;;;;;;/h3*1H;;;;;;;;;;;;;/q;;;6*-3;7*+3/p-3. The normalized spacial score (nSPS) is 6.35. The molecule has 0 unspecified atom stereocenters. The smallest absolute Gasteiger partial charge is 1.00 e. The Morgan fingerprint density at radius 1 is 0.176 bits per heavy atom. The van der Waals surface area contributed by atoms with Crippen LogP contribution in [0.4, 0.5) is 0 Å². The molecule has 0 aliphatic rings. The summed E-state index contributed by atoms with van der Waals surface area (Å²) < 4.78 is 0. The van der Waals surface area contributed by atoms with Gasteiger partial charge >= 0.3 is 136 Å². The van der Waals surface area contributed by atoms with Crippen LogP contribution in [-0.2, 0) is 136 Å². The molecule has 0 spiro atoms. The third-order valence-corrected chi connectivity index (χ3v) is 0. The third-order valence-electron chi connectivity index (χ3n) is 0. The number of halogens is 3. The van der Waals surface area contributed by atoms with Gasteiger partial charge in [0.25, 0.3) is 0 Å². The Bertz CT molecular complexity index is 133. The van der Waals surface area contributed by atoms with E-state index in [-0.39, 0.29) is 174 Å². The molecule has 0 fully saturated rings. The first-order valence-electron chi connectivity index (χ1n) is 3.29. The van der Waals surface area contributed by atoms with Crippen LogP contribution in [0.2, 0.25) is 0 Å². The molecule has 18 nitrogen and oxygen atoms in total. The fourth-order valence-electron chi connectivity index (χ4n) is 0. The van der Waals surface area contributed by atoms with E-state index in [1.54, 1.807) is 0 Å². The second-order valence-electron chi connectivity index (χ2n) is 1.34. The van der Waals surface area contributed by atoms with E-state index in [4.69, 9.17) is 88.1 Å². The minimum atomic E-state index is -3.37. The van der Waals surface area contributed by atoms with Crippen LogP contribution < -0.4 is 125 Å². The molecule has 0 saturated heterocycles. The topological polar surface area (TPSA) is 415 Å². The zero-order valence-corrected chi connectivity index (χ0v) is 32.6. The van der Waals surface area contributed by atoms with Gasteiger partial charge in [0.1, 0.15) is 0 Å². The average molecular weight is 1300 g/mol. The van der Waals surface area contributed by atoms with Crippen molar-refractivity contribution in [3.8, 4) is 0 Å². The summed E-state index contributed by atoms with van der Waals surface area (Å²) in [5, 5.41) is 0. The van der Waals surface area contributed by atoms with E-state index < -0.39 is 51.6 Å². The quantitative estimate of drug-likeness (QED) is 0.161. The second kappa shape index (κ2) is 97.3.